The Balaban J connectivity index is 2.34. The fourth-order valence-electron chi connectivity index (χ4n) is 2.19. The van der Waals surface area contributed by atoms with E-state index in [0.29, 0.717) is 5.02 Å². The summed E-state index contributed by atoms with van der Waals surface area (Å²) in [5.74, 6) is -0.575. The smallest absolute Gasteiger partial charge is 0.154 e. The van der Waals surface area contributed by atoms with E-state index in [1.807, 2.05) is 6.07 Å². The van der Waals surface area contributed by atoms with Gasteiger partial charge in [-0.25, -0.2) is 8.42 Å². The highest BCUT2D eigenvalue weighted by molar-refractivity contribution is 7.92. The predicted molar refractivity (Wildman–Crippen MR) is 66.5 cm³/mol. The lowest BCUT2D eigenvalue weighted by molar-refractivity contribution is 0.594. The highest BCUT2D eigenvalue weighted by Gasteiger charge is 2.58. The van der Waals surface area contributed by atoms with E-state index in [1.165, 1.54) is 0 Å². The summed E-state index contributed by atoms with van der Waals surface area (Å²) in [6.45, 7) is 1.61. The molecule has 0 spiro atoms. The van der Waals surface area contributed by atoms with E-state index in [9.17, 15) is 8.42 Å². The van der Waals surface area contributed by atoms with Crippen molar-refractivity contribution in [3.8, 4) is 6.07 Å². The minimum atomic E-state index is -3.16. The second kappa shape index (κ2) is 4.32. The highest BCUT2D eigenvalue weighted by Crippen LogP contribution is 2.52. The van der Waals surface area contributed by atoms with E-state index in [0.717, 1.165) is 5.56 Å². The lowest BCUT2D eigenvalue weighted by atomic mass is 10.1. The zero-order chi connectivity index (χ0) is 12.6. The number of nitrogens with zero attached hydrogens (tertiary/aromatic N) is 1. The van der Waals surface area contributed by atoms with Crippen molar-refractivity contribution in [3.63, 3.8) is 0 Å². The first-order valence-electron chi connectivity index (χ1n) is 5.38. The second-order valence-corrected chi connectivity index (χ2v) is 7.04. The van der Waals surface area contributed by atoms with Gasteiger partial charge >= 0.3 is 0 Å². The van der Waals surface area contributed by atoms with Gasteiger partial charge in [0, 0.05) is 16.7 Å². The monoisotopic (exact) mass is 269 g/mol. The summed E-state index contributed by atoms with van der Waals surface area (Å²) >= 11 is 5.87. The van der Waals surface area contributed by atoms with E-state index in [4.69, 9.17) is 16.9 Å². The van der Waals surface area contributed by atoms with Crippen LogP contribution in [0.5, 0.6) is 0 Å². The van der Waals surface area contributed by atoms with Crippen molar-refractivity contribution in [1.82, 2.24) is 0 Å². The molecule has 0 N–H and O–H groups in total. The number of hydrogen-bond donors (Lipinski definition) is 0. The number of nitriles is 1. The molecular weight excluding hydrogens is 258 g/mol. The van der Waals surface area contributed by atoms with Gasteiger partial charge in [0.15, 0.2) is 9.84 Å². The molecule has 3 atom stereocenters. The molecule has 17 heavy (non-hydrogen) atoms. The average Bonchev–Trinajstić information content (AvgIpc) is 3.04. The van der Waals surface area contributed by atoms with Crippen LogP contribution in [0, 0.1) is 17.2 Å². The third-order valence-corrected chi connectivity index (χ3v) is 5.61. The van der Waals surface area contributed by atoms with Crippen LogP contribution in [0.15, 0.2) is 24.3 Å². The zero-order valence-electron chi connectivity index (χ0n) is 9.30. The first-order chi connectivity index (χ1) is 8.01. The molecule has 1 aromatic carbocycles. The quantitative estimate of drug-likeness (QED) is 0.846. The maximum atomic E-state index is 11.8. The Morgan fingerprint density at radius 3 is 2.71 bits per heavy atom. The average molecular weight is 270 g/mol. The van der Waals surface area contributed by atoms with Crippen molar-refractivity contribution in [2.24, 2.45) is 5.92 Å². The summed E-state index contributed by atoms with van der Waals surface area (Å²) < 4.78 is 23.6. The Kier molecular flexibility index (Phi) is 3.15. The van der Waals surface area contributed by atoms with Crippen LogP contribution in [0.1, 0.15) is 18.4 Å². The molecule has 90 valence electrons. The molecule has 0 bridgehead atoms. The molecule has 0 radical (unpaired) electrons. The van der Waals surface area contributed by atoms with Crippen LogP contribution in [-0.4, -0.2) is 19.4 Å². The van der Waals surface area contributed by atoms with E-state index in [-0.39, 0.29) is 11.7 Å². The molecule has 1 fully saturated rings. The van der Waals surface area contributed by atoms with Crippen molar-refractivity contribution in [1.29, 1.82) is 5.26 Å². The molecule has 0 saturated heterocycles. The SMILES string of the molecule is CCS(=O)(=O)[C@@H]1[C@@H](C#N)[C@H]1c1cccc(Cl)c1. The molecule has 1 aromatic rings. The summed E-state index contributed by atoms with van der Waals surface area (Å²) in [7, 11) is -3.16. The van der Waals surface area contributed by atoms with Gasteiger partial charge in [0.1, 0.15) is 0 Å². The normalized spacial score (nSPS) is 27.5. The summed E-state index contributed by atoms with van der Waals surface area (Å²) in [6.07, 6.45) is 0. The van der Waals surface area contributed by atoms with Gasteiger partial charge in [-0.15, -0.1) is 0 Å². The standard InChI is InChI=1S/C12H12ClNO2S/c1-2-17(15,16)12-10(7-14)11(12)8-4-3-5-9(13)6-8/h3-6,10-12H,2H2,1H3/t10-,11+,12+/m0/s1. The van der Waals surface area contributed by atoms with Gasteiger partial charge in [-0.1, -0.05) is 30.7 Å². The second-order valence-electron chi connectivity index (χ2n) is 4.15. The number of hydrogen-bond acceptors (Lipinski definition) is 3. The molecule has 1 aliphatic rings. The summed E-state index contributed by atoms with van der Waals surface area (Å²) in [5, 5.41) is 9.00. The maximum absolute atomic E-state index is 11.8. The molecular formula is C12H12ClNO2S. The Bertz CT molecular complexity index is 576. The topological polar surface area (TPSA) is 57.9 Å². The molecule has 1 saturated carbocycles. The van der Waals surface area contributed by atoms with Crippen LogP contribution in [-0.2, 0) is 9.84 Å². The van der Waals surface area contributed by atoms with E-state index in [1.54, 1.807) is 25.1 Å². The predicted octanol–water partition coefficient (Wildman–Crippen LogP) is 2.38. The Labute approximate surface area is 106 Å². The van der Waals surface area contributed by atoms with Crippen LogP contribution < -0.4 is 0 Å². The lowest BCUT2D eigenvalue weighted by Gasteiger charge is -2.00. The molecule has 2 rings (SSSR count). The largest absolute Gasteiger partial charge is 0.228 e. The van der Waals surface area contributed by atoms with Gasteiger partial charge in [-0.2, -0.15) is 5.26 Å². The van der Waals surface area contributed by atoms with Gasteiger partial charge in [0.25, 0.3) is 0 Å². The van der Waals surface area contributed by atoms with Crippen molar-refractivity contribution in [2.45, 2.75) is 18.1 Å². The Hall–Kier alpha value is -1.05. The molecule has 0 aromatic heterocycles. The molecule has 0 unspecified atom stereocenters. The first-order valence-corrected chi connectivity index (χ1v) is 7.47. The Morgan fingerprint density at radius 2 is 2.18 bits per heavy atom. The van der Waals surface area contributed by atoms with E-state index in [2.05, 4.69) is 6.07 Å². The minimum Gasteiger partial charge on any atom is -0.228 e. The van der Waals surface area contributed by atoms with Crippen LogP contribution in [0.3, 0.4) is 0 Å². The fraction of sp³-hybridized carbons (Fsp3) is 0.417. The summed E-state index contributed by atoms with van der Waals surface area (Å²) in [4.78, 5) is 0. The number of benzene rings is 1. The van der Waals surface area contributed by atoms with Gasteiger partial charge < -0.3 is 0 Å². The molecule has 3 nitrogen and oxygen atoms in total. The molecule has 0 amide bonds. The highest BCUT2D eigenvalue weighted by atomic mass is 35.5. The minimum absolute atomic E-state index is 0.0763. The van der Waals surface area contributed by atoms with Gasteiger partial charge in [-0.3, -0.25) is 0 Å². The van der Waals surface area contributed by atoms with Gasteiger partial charge in [0.2, 0.25) is 0 Å². The van der Waals surface area contributed by atoms with Crippen LogP contribution in [0.2, 0.25) is 5.02 Å². The van der Waals surface area contributed by atoms with Crippen LogP contribution in [0.25, 0.3) is 0 Å². The summed E-state index contributed by atoms with van der Waals surface area (Å²) in [5.41, 5.74) is 0.839. The first kappa shape index (κ1) is 12.4. The summed E-state index contributed by atoms with van der Waals surface area (Å²) in [6, 6.07) is 9.15. The third kappa shape index (κ3) is 2.18. The van der Waals surface area contributed by atoms with Crippen LogP contribution >= 0.6 is 11.6 Å². The van der Waals surface area contributed by atoms with E-state index < -0.39 is 21.0 Å². The zero-order valence-corrected chi connectivity index (χ0v) is 10.9. The lowest BCUT2D eigenvalue weighted by Crippen LogP contribution is -2.12. The number of rotatable bonds is 3. The third-order valence-electron chi connectivity index (χ3n) is 3.15. The molecule has 0 heterocycles. The fourth-order valence-corrected chi connectivity index (χ4v) is 4.13. The van der Waals surface area contributed by atoms with Crippen molar-refractivity contribution < 1.29 is 8.42 Å². The molecule has 1 aliphatic carbocycles. The van der Waals surface area contributed by atoms with Crippen molar-refractivity contribution in [2.75, 3.05) is 5.75 Å². The van der Waals surface area contributed by atoms with Gasteiger partial charge in [-0.05, 0) is 17.7 Å². The molecule has 0 aliphatic heterocycles. The van der Waals surface area contributed by atoms with Crippen molar-refractivity contribution >= 4 is 21.4 Å². The maximum Gasteiger partial charge on any atom is 0.154 e. The molecule has 5 heteroatoms. The van der Waals surface area contributed by atoms with Gasteiger partial charge in [0.05, 0.1) is 17.2 Å². The number of sulfone groups is 1. The van der Waals surface area contributed by atoms with Crippen LogP contribution in [0.4, 0.5) is 0 Å². The number of halogens is 1. The Morgan fingerprint density at radius 1 is 1.47 bits per heavy atom. The van der Waals surface area contributed by atoms with E-state index >= 15 is 0 Å². The van der Waals surface area contributed by atoms with Crippen molar-refractivity contribution in [3.05, 3.63) is 34.9 Å².